The van der Waals surface area contributed by atoms with Gasteiger partial charge < -0.3 is 0 Å². The van der Waals surface area contributed by atoms with Crippen molar-refractivity contribution in [1.29, 1.82) is 0 Å². The Balaban J connectivity index is 3.16. The summed E-state index contributed by atoms with van der Waals surface area (Å²) in [6, 6.07) is 7.19. The maximum atomic E-state index is 12.2. The van der Waals surface area contributed by atoms with E-state index < -0.39 is 10.0 Å². The highest BCUT2D eigenvalue weighted by Crippen LogP contribution is 2.24. The number of halogens is 1. The molecule has 0 heterocycles. The van der Waals surface area contributed by atoms with Gasteiger partial charge >= 0.3 is 0 Å². The lowest BCUT2D eigenvalue weighted by atomic mass is 10.0. The van der Waals surface area contributed by atoms with Crippen molar-refractivity contribution in [1.82, 2.24) is 4.31 Å². The van der Waals surface area contributed by atoms with Gasteiger partial charge in [0.05, 0.1) is 4.90 Å². The van der Waals surface area contributed by atoms with Crippen molar-refractivity contribution in [2.24, 2.45) is 5.92 Å². The maximum absolute atomic E-state index is 12.2. The van der Waals surface area contributed by atoms with Crippen LogP contribution in [0.25, 0.3) is 0 Å². The van der Waals surface area contributed by atoms with Gasteiger partial charge in [0.15, 0.2) is 0 Å². The van der Waals surface area contributed by atoms with Crippen LogP contribution in [0.4, 0.5) is 0 Å². The Kier molecular flexibility index (Phi) is 5.37. The van der Waals surface area contributed by atoms with Crippen molar-refractivity contribution in [2.45, 2.75) is 30.0 Å². The first-order valence-corrected chi connectivity index (χ1v) is 8.27. The van der Waals surface area contributed by atoms with Crippen LogP contribution in [0, 0.1) is 5.92 Å². The molecular weight excluding hydrogens is 314 g/mol. The molecule has 0 aliphatic carbocycles. The number of sulfonamides is 1. The SMILES string of the molecule is CC(C)C(Br)Cc1ccccc1S(=O)(=O)N(C)C. The third kappa shape index (κ3) is 3.56. The molecule has 18 heavy (non-hydrogen) atoms. The van der Waals surface area contributed by atoms with E-state index in [4.69, 9.17) is 0 Å². The van der Waals surface area contributed by atoms with Gasteiger partial charge in [-0.15, -0.1) is 0 Å². The van der Waals surface area contributed by atoms with Crippen LogP contribution in [0.1, 0.15) is 19.4 Å². The summed E-state index contributed by atoms with van der Waals surface area (Å²) in [5.41, 5.74) is 0.863. The van der Waals surface area contributed by atoms with E-state index in [1.807, 2.05) is 12.1 Å². The molecule has 0 aliphatic rings. The Bertz CT molecular complexity index is 497. The zero-order valence-electron chi connectivity index (χ0n) is 11.2. The lowest BCUT2D eigenvalue weighted by Gasteiger charge is -2.18. The quantitative estimate of drug-likeness (QED) is 0.777. The molecule has 5 heteroatoms. The van der Waals surface area contributed by atoms with Gasteiger partial charge in [0, 0.05) is 18.9 Å². The lowest BCUT2D eigenvalue weighted by Crippen LogP contribution is -2.24. The number of rotatable bonds is 5. The molecule has 0 bridgehead atoms. The fourth-order valence-electron chi connectivity index (χ4n) is 1.57. The molecule has 0 saturated heterocycles. The van der Waals surface area contributed by atoms with Crippen molar-refractivity contribution in [3.05, 3.63) is 29.8 Å². The van der Waals surface area contributed by atoms with Crippen LogP contribution in [0.3, 0.4) is 0 Å². The predicted molar refractivity (Wildman–Crippen MR) is 78.6 cm³/mol. The van der Waals surface area contributed by atoms with E-state index in [0.29, 0.717) is 17.2 Å². The number of benzene rings is 1. The highest BCUT2D eigenvalue weighted by molar-refractivity contribution is 9.09. The summed E-state index contributed by atoms with van der Waals surface area (Å²) in [6.07, 6.45) is 0.709. The zero-order chi connectivity index (χ0) is 13.9. The lowest BCUT2D eigenvalue weighted by molar-refractivity contribution is 0.518. The summed E-state index contributed by atoms with van der Waals surface area (Å²) in [6.45, 7) is 4.23. The van der Waals surface area contributed by atoms with Gasteiger partial charge in [-0.25, -0.2) is 12.7 Å². The molecule has 1 aromatic rings. The molecule has 0 N–H and O–H groups in total. The van der Waals surface area contributed by atoms with Gasteiger partial charge in [-0.2, -0.15) is 0 Å². The Morgan fingerprint density at radius 1 is 1.22 bits per heavy atom. The van der Waals surface area contributed by atoms with Crippen molar-refractivity contribution < 1.29 is 8.42 Å². The molecule has 0 aromatic heterocycles. The van der Waals surface area contributed by atoms with Crippen LogP contribution in [-0.4, -0.2) is 31.6 Å². The smallest absolute Gasteiger partial charge is 0.207 e. The minimum absolute atomic E-state index is 0.274. The van der Waals surface area contributed by atoms with E-state index in [1.54, 1.807) is 26.2 Å². The van der Waals surface area contributed by atoms with E-state index in [9.17, 15) is 8.42 Å². The summed E-state index contributed by atoms with van der Waals surface area (Å²) < 4.78 is 25.7. The summed E-state index contributed by atoms with van der Waals surface area (Å²) in [4.78, 5) is 0.677. The first-order chi connectivity index (χ1) is 8.26. The summed E-state index contributed by atoms with van der Waals surface area (Å²) >= 11 is 3.61. The van der Waals surface area contributed by atoms with Crippen molar-refractivity contribution in [3.8, 4) is 0 Å². The van der Waals surface area contributed by atoms with E-state index in [0.717, 1.165) is 5.56 Å². The number of alkyl halides is 1. The molecule has 1 atom stereocenters. The van der Waals surface area contributed by atoms with Crippen LogP contribution in [0.15, 0.2) is 29.2 Å². The van der Waals surface area contributed by atoms with E-state index in [2.05, 4.69) is 29.8 Å². The van der Waals surface area contributed by atoms with Crippen molar-refractivity contribution in [2.75, 3.05) is 14.1 Å². The fraction of sp³-hybridized carbons (Fsp3) is 0.538. The molecule has 0 fully saturated rings. The first kappa shape index (κ1) is 15.7. The van der Waals surface area contributed by atoms with Crippen LogP contribution >= 0.6 is 15.9 Å². The van der Waals surface area contributed by atoms with Crippen molar-refractivity contribution >= 4 is 26.0 Å². The highest BCUT2D eigenvalue weighted by Gasteiger charge is 2.22. The molecule has 0 aliphatic heterocycles. The molecule has 0 spiro atoms. The maximum Gasteiger partial charge on any atom is 0.242 e. The minimum atomic E-state index is -3.37. The monoisotopic (exact) mass is 333 g/mol. The molecular formula is C13H20BrNO2S. The topological polar surface area (TPSA) is 37.4 Å². The van der Waals surface area contributed by atoms with Gasteiger partial charge in [0.1, 0.15) is 0 Å². The second-order valence-electron chi connectivity index (χ2n) is 4.86. The minimum Gasteiger partial charge on any atom is -0.207 e. The molecule has 1 aromatic carbocycles. The van der Waals surface area contributed by atoms with Gasteiger partial charge in [0.2, 0.25) is 10.0 Å². The molecule has 1 rings (SSSR count). The highest BCUT2D eigenvalue weighted by atomic mass is 79.9. The largest absolute Gasteiger partial charge is 0.242 e. The Hall–Kier alpha value is -0.390. The third-order valence-corrected chi connectivity index (χ3v) is 6.17. The van der Waals surface area contributed by atoms with E-state index >= 15 is 0 Å². The molecule has 102 valence electrons. The molecule has 3 nitrogen and oxygen atoms in total. The third-order valence-electron chi connectivity index (χ3n) is 2.87. The first-order valence-electron chi connectivity index (χ1n) is 5.91. The van der Waals surface area contributed by atoms with Gasteiger partial charge in [-0.05, 0) is 24.0 Å². The number of hydrogen-bond acceptors (Lipinski definition) is 2. The second kappa shape index (κ2) is 6.17. The zero-order valence-corrected chi connectivity index (χ0v) is 13.6. The number of nitrogens with zero attached hydrogens (tertiary/aromatic N) is 1. The average Bonchev–Trinajstić information content (AvgIpc) is 2.29. The van der Waals surface area contributed by atoms with Gasteiger partial charge in [-0.3, -0.25) is 0 Å². The molecule has 0 radical (unpaired) electrons. The summed E-state index contributed by atoms with van der Waals surface area (Å²) in [5.74, 6) is 0.458. The summed E-state index contributed by atoms with van der Waals surface area (Å²) in [7, 11) is -0.255. The molecule has 1 unspecified atom stereocenters. The normalized spacial score (nSPS) is 14.2. The Morgan fingerprint density at radius 2 is 1.78 bits per heavy atom. The average molecular weight is 334 g/mol. The van der Waals surface area contributed by atoms with Gasteiger partial charge in [0.25, 0.3) is 0 Å². The van der Waals surface area contributed by atoms with Crippen molar-refractivity contribution in [3.63, 3.8) is 0 Å². The van der Waals surface area contributed by atoms with Gasteiger partial charge in [-0.1, -0.05) is 48.0 Å². The van der Waals surface area contributed by atoms with Crippen LogP contribution in [0.5, 0.6) is 0 Å². The van der Waals surface area contributed by atoms with Crippen LogP contribution in [0.2, 0.25) is 0 Å². The van der Waals surface area contributed by atoms with E-state index in [-0.39, 0.29) is 4.83 Å². The summed E-state index contributed by atoms with van der Waals surface area (Å²) in [5, 5.41) is 0. The van der Waals surface area contributed by atoms with E-state index in [1.165, 1.54) is 4.31 Å². The fourth-order valence-corrected chi connectivity index (χ4v) is 3.04. The predicted octanol–water partition coefficient (Wildman–Crippen LogP) is 2.90. The van der Waals surface area contributed by atoms with Crippen LogP contribution < -0.4 is 0 Å². The molecule has 0 saturated carbocycles. The Morgan fingerprint density at radius 3 is 2.28 bits per heavy atom. The molecule has 0 amide bonds. The Labute approximate surface area is 118 Å². The second-order valence-corrected chi connectivity index (χ2v) is 8.16. The standard InChI is InChI=1S/C13H20BrNO2S/c1-10(2)12(14)9-11-7-5-6-8-13(11)18(16,17)15(3)4/h5-8,10,12H,9H2,1-4H3. The van der Waals surface area contributed by atoms with Crippen LogP contribution in [-0.2, 0) is 16.4 Å². The number of hydrogen-bond donors (Lipinski definition) is 0.